The Bertz CT molecular complexity index is 260. The highest BCUT2D eigenvalue weighted by Crippen LogP contribution is 2.18. The molecule has 0 saturated heterocycles. The molecule has 0 aliphatic heterocycles. The number of hydrogen-bond acceptors (Lipinski definition) is 2. The van der Waals surface area contributed by atoms with Crippen LogP contribution in [-0.4, -0.2) is 13.1 Å². The van der Waals surface area contributed by atoms with E-state index in [9.17, 15) is 0 Å². The minimum absolute atomic E-state index is 0.302. The standard InChI is InChI=1S/C12H20N2/c1-9(2)10-3-5-11(6-4-10)12(7-13)8-14/h3-6,9,12H,7-8,13-14H2,1-2H3. The van der Waals surface area contributed by atoms with Gasteiger partial charge in [0, 0.05) is 19.0 Å². The molecule has 1 aromatic carbocycles. The molecule has 2 nitrogen and oxygen atoms in total. The van der Waals surface area contributed by atoms with E-state index < -0.39 is 0 Å². The van der Waals surface area contributed by atoms with Crippen LogP contribution in [-0.2, 0) is 0 Å². The third kappa shape index (κ3) is 2.56. The third-order valence-corrected chi connectivity index (χ3v) is 2.64. The molecule has 0 saturated carbocycles. The predicted molar refractivity (Wildman–Crippen MR) is 61.4 cm³/mol. The van der Waals surface area contributed by atoms with E-state index in [0.717, 1.165) is 0 Å². The van der Waals surface area contributed by atoms with Gasteiger partial charge in [0.1, 0.15) is 0 Å². The van der Waals surface area contributed by atoms with Crippen molar-refractivity contribution in [1.29, 1.82) is 0 Å². The van der Waals surface area contributed by atoms with E-state index in [1.54, 1.807) is 0 Å². The number of rotatable bonds is 4. The molecular weight excluding hydrogens is 172 g/mol. The highest BCUT2D eigenvalue weighted by atomic mass is 14.6. The lowest BCUT2D eigenvalue weighted by Gasteiger charge is -2.13. The zero-order chi connectivity index (χ0) is 10.6. The summed E-state index contributed by atoms with van der Waals surface area (Å²) in [4.78, 5) is 0. The highest BCUT2D eigenvalue weighted by molar-refractivity contribution is 5.27. The van der Waals surface area contributed by atoms with E-state index in [1.165, 1.54) is 11.1 Å². The van der Waals surface area contributed by atoms with Crippen LogP contribution in [0.3, 0.4) is 0 Å². The summed E-state index contributed by atoms with van der Waals surface area (Å²) in [6.45, 7) is 5.63. The molecule has 0 amide bonds. The summed E-state index contributed by atoms with van der Waals surface area (Å²) in [5.41, 5.74) is 13.9. The van der Waals surface area contributed by atoms with Crippen molar-refractivity contribution in [3.8, 4) is 0 Å². The average Bonchev–Trinajstić information content (AvgIpc) is 2.20. The number of nitrogens with two attached hydrogens (primary N) is 2. The molecule has 1 rings (SSSR count). The first-order chi connectivity index (χ1) is 6.69. The largest absolute Gasteiger partial charge is 0.330 e. The van der Waals surface area contributed by atoms with Crippen LogP contribution in [0.4, 0.5) is 0 Å². The Morgan fingerprint density at radius 1 is 0.929 bits per heavy atom. The van der Waals surface area contributed by atoms with Crippen LogP contribution in [0.1, 0.15) is 36.8 Å². The lowest BCUT2D eigenvalue weighted by atomic mass is 9.95. The second-order valence-electron chi connectivity index (χ2n) is 3.99. The molecular formula is C12H20N2. The molecule has 0 fully saturated rings. The summed E-state index contributed by atoms with van der Waals surface area (Å²) < 4.78 is 0. The Labute approximate surface area is 86.3 Å². The van der Waals surface area contributed by atoms with Crippen molar-refractivity contribution in [1.82, 2.24) is 0 Å². The Kier molecular flexibility index (Phi) is 4.11. The van der Waals surface area contributed by atoms with Gasteiger partial charge in [0.25, 0.3) is 0 Å². The van der Waals surface area contributed by atoms with Gasteiger partial charge < -0.3 is 11.5 Å². The van der Waals surface area contributed by atoms with Gasteiger partial charge in [0.05, 0.1) is 0 Å². The van der Waals surface area contributed by atoms with Gasteiger partial charge in [-0.25, -0.2) is 0 Å². The van der Waals surface area contributed by atoms with Gasteiger partial charge in [-0.05, 0) is 17.0 Å². The molecule has 0 aliphatic carbocycles. The third-order valence-electron chi connectivity index (χ3n) is 2.64. The fourth-order valence-electron chi connectivity index (χ4n) is 1.52. The van der Waals surface area contributed by atoms with E-state index in [0.29, 0.717) is 24.9 Å². The summed E-state index contributed by atoms with van der Waals surface area (Å²) in [7, 11) is 0. The van der Waals surface area contributed by atoms with Gasteiger partial charge in [0.15, 0.2) is 0 Å². The van der Waals surface area contributed by atoms with E-state index in [4.69, 9.17) is 11.5 Å². The van der Waals surface area contributed by atoms with Crippen molar-refractivity contribution in [2.24, 2.45) is 11.5 Å². The molecule has 0 radical (unpaired) electrons. The normalized spacial score (nSPS) is 11.3. The number of benzene rings is 1. The summed E-state index contributed by atoms with van der Waals surface area (Å²) in [5, 5.41) is 0. The SMILES string of the molecule is CC(C)c1ccc(C(CN)CN)cc1. The van der Waals surface area contributed by atoms with Crippen LogP contribution in [0.5, 0.6) is 0 Å². The summed E-state index contributed by atoms with van der Waals surface area (Å²) in [6.07, 6.45) is 0. The van der Waals surface area contributed by atoms with Crippen LogP contribution in [0.2, 0.25) is 0 Å². The first kappa shape index (κ1) is 11.2. The van der Waals surface area contributed by atoms with E-state index >= 15 is 0 Å². The van der Waals surface area contributed by atoms with Crippen LogP contribution < -0.4 is 11.5 Å². The van der Waals surface area contributed by atoms with Crippen molar-refractivity contribution in [2.75, 3.05) is 13.1 Å². The lowest BCUT2D eigenvalue weighted by Crippen LogP contribution is -2.21. The maximum Gasteiger partial charge on any atom is 0.00841 e. The summed E-state index contributed by atoms with van der Waals surface area (Å²) in [5.74, 6) is 0.884. The number of hydrogen-bond donors (Lipinski definition) is 2. The summed E-state index contributed by atoms with van der Waals surface area (Å²) in [6, 6.07) is 8.61. The summed E-state index contributed by atoms with van der Waals surface area (Å²) >= 11 is 0. The lowest BCUT2D eigenvalue weighted by molar-refractivity contribution is 0.707. The maximum atomic E-state index is 5.63. The predicted octanol–water partition coefficient (Wildman–Crippen LogP) is 1.81. The van der Waals surface area contributed by atoms with Crippen LogP contribution in [0, 0.1) is 0 Å². The Hall–Kier alpha value is -0.860. The van der Waals surface area contributed by atoms with E-state index in [-0.39, 0.29) is 0 Å². The Morgan fingerprint density at radius 2 is 1.36 bits per heavy atom. The second-order valence-corrected chi connectivity index (χ2v) is 3.99. The topological polar surface area (TPSA) is 52.0 Å². The molecule has 0 bridgehead atoms. The molecule has 0 unspecified atom stereocenters. The van der Waals surface area contributed by atoms with E-state index in [2.05, 4.69) is 38.1 Å². The zero-order valence-electron chi connectivity index (χ0n) is 9.03. The maximum absolute atomic E-state index is 5.63. The van der Waals surface area contributed by atoms with Crippen molar-refractivity contribution in [3.63, 3.8) is 0 Å². The molecule has 78 valence electrons. The fourth-order valence-corrected chi connectivity index (χ4v) is 1.52. The molecule has 0 aliphatic rings. The van der Waals surface area contributed by atoms with Crippen molar-refractivity contribution >= 4 is 0 Å². The first-order valence-electron chi connectivity index (χ1n) is 5.19. The van der Waals surface area contributed by atoms with Crippen molar-refractivity contribution < 1.29 is 0 Å². The van der Waals surface area contributed by atoms with Gasteiger partial charge in [0.2, 0.25) is 0 Å². The first-order valence-corrected chi connectivity index (χ1v) is 5.19. The quantitative estimate of drug-likeness (QED) is 0.764. The molecule has 0 spiro atoms. The van der Waals surface area contributed by atoms with Gasteiger partial charge in [-0.1, -0.05) is 38.1 Å². The van der Waals surface area contributed by atoms with Crippen LogP contribution in [0.25, 0.3) is 0 Å². The molecule has 2 heteroatoms. The molecule has 14 heavy (non-hydrogen) atoms. The van der Waals surface area contributed by atoms with Gasteiger partial charge in [-0.15, -0.1) is 0 Å². The molecule has 0 atom stereocenters. The Morgan fingerprint density at radius 3 is 1.71 bits per heavy atom. The molecule has 0 heterocycles. The second kappa shape index (κ2) is 5.13. The van der Waals surface area contributed by atoms with Gasteiger partial charge in [-0.3, -0.25) is 0 Å². The average molecular weight is 192 g/mol. The zero-order valence-corrected chi connectivity index (χ0v) is 9.03. The molecule has 0 aromatic heterocycles. The highest BCUT2D eigenvalue weighted by Gasteiger charge is 2.07. The van der Waals surface area contributed by atoms with Crippen molar-refractivity contribution in [2.45, 2.75) is 25.7 Å². The van der Waals surface area contributed by atoms with Gasteiger partial charge in [-0.2, -0.15) is 0 Å². The molecule has 4 N–H and O–H groups in total. The minimum atomic E-state index is 0.302. The van der Waals surface area contributed by atoms with E-state index in [1.807, 2.05) is 0 Å². The minimum Gasteiger partial charge on any atom is -0.330 e. The van der Waals surface area contributed by atoms with Gasteiger partial charge >= 0.3 is 0 Å². The fraction of sp³-hybridized carbons (Fsp3) is 0.500. The Balaban J connectivity index is 2.81. The molecule has 1 aromatic rings. The monoisotopic (exact) mass is 192 g/mol. The van der Waals surface area contributed by atoms with Crippen molar-refractivity contribution in [3.05, 3.63) is 35.4 Å². The smallest absolute Gasteiger partial charge is 0.00841 e. The van der Waals surface area contributed by atoms with Crippen LogP contribution >= 0.6 is 0 Å². The van der Waals surface area contributed by atoms with Crippen LogP contribution in [0.15, 0.2) is 24.3 Å².